The Morgan fingerprint density at radius 3 is 2.91 bits per heavy atom. The molecule has 0 spiro atoms. The van der Waals surface area contributed by atoms with Gasteiger partial charge in [0.05, 0.1) is 0 Å². The highest BCUT2D eigenvalue weighted by molar-refractivity contribution is 5.42. The smallest absolute Gasteiger partial charge is 0.119 e. The molecular formula is C10H12O. The van der Waals surface area contributed by atoms with E-state index in [0.717, 1.165) is 12.8 Å². The molecule has 0 heterocycles. The molecule has 0 amide bonds. The van der Waals surface area contributed by atoms with E-state index >= 15 is 0 Å². The second-order valence-electron chi connectivity index (χ2n) is 3.43. The van der Waals surface area contributed by atoms with E-state index < -0.39 is 0 Å². The number of phenols is 1. The number of benzene rings is 1. The van der Waals surface area contributed by atoms with E-state index in [1.807, 2.05) is 6.07 Å². The molecule has 0 bridgehead atoms. The average molecular weight is 148 g/mol. The second kappa shape index (κ2) is 2.26. The Hall–Kier alpha value is -0.980. The number of phenolic OH excluding ortho intramolecular Hbond substituents is 1. The maximum atomic E-state index is 9.45. The molecule has 1 heteroatoms. The number of hydrogen-bond acceptors (Lipinski definition) is 1. The Labute approximate surface area is 66.7 Å². The van der Waals surface area contributed by atoms with Crippen molar-refractivity contribution in [1.82, 2.24) is 0 Å². The van der Waals surface area contributed by atoms with Crippen molar-refractivity contribution < 1.29 is 5.11 Å². The summed E-state index contributed by atoms with van der Waals surface area (Å²) in [6.07, 6.45) is 2.17. The fourth-order valence-corrected chi connectivity index (χ4v) is 1.84. The van der Waals surface area contributed by atoms with Gasteiger partial charge in [-0.2, -0.15) is 0 Å². The minimum Gasteiger partial charge on any atom is -0.508 e. The maximum absolute atomic E-state index is 9.45. The molecule has 2 rings (SSSR count). The first-order chi connectivity index (χ1) is 5.27. The van der Waals surface area contributed by atoms with Crippen LogP contribution in [-0.4, -0.2) is 5.11 Å². The molecule has 1 aliphatic rings. The first-order valence-electron chi connectivity index (χ1n) is 4.07. The van der Waals surface area contributed by atoms with Crippen molar-refractivity contribution in [3.8, 4) is 5.75 Å². The molecule has 0 saturated carbocycles. The van der Waals surface area contributed by atoms with Crippen molar-refractivity contribution in [3.05, 3.63) is 29.3 Å². The molecule has 0 unspecified atom stereocenters. The van der Waals surface area contributed by atoms with Crippen molar-refractivity contribution in [2.24, 2.45) is 5.92 Å². The van der Waals surface area contributed by atoms with Crippen LogP contribution in [-0.2, 0) is 12.8 Å². The summed E-state index contributed by atoms with van der Waals surface area (Å²) in [5.41, 5.74) is 2.50. The minimum atomic E-state index is 0.479. The zero-order valence-electron chi connectivity index (χ0n) is 6.67. The molecule has 1 atom stereocenters. The van der Waals surface area contributed by atoms with Crippen molar-refractivity contribution in [2.45, 2.75) is 19.8 Å². The van der Waals surface area contributed by atoms with Gasteiger partial charge < -0.3 is 5.11 Å². The van der Waals surface area contributed by atoms with Crippen LogP contribution in [0.15, 0.2) is 18.2 Å². The molecule has 1 aliphatic carbocycles. The van der Waals surface area contributed by atoms with Crippen LogP contribution in [0.5, 0.6) is 5.75 Å². The molecule has 0 aromatic heterocycles. The quantitative estimate of drug-likeness (QED) is 0.597. The zero-order valence-corrected chi connectivity index (χ0v) is 6.67. The Morgan fingerprint density at radius 2 is 2.18 bits per heavy atom. The van der Waals surface area contributed by atoms with E-state index in [1.165, 1.54) is 11.1 Å². The fourth-order valence-electron chi connectivity index (χ4n) is 1.84. The summed E-state index contributed by atoms with van der Waals surface area (Å²) in [5.74, 6) is 1.19. The molecule has 1 aromatic rings. The molecule has 1 N–H and O–H groups in total. The van der Waals surface area contributed by atoms with Gasteiger partial charge in [-0.1, -0.05) is 19.1 Å². The summed E-state index contributed by atoms with van der Waals surface area (Å²) in [5, 5.41) is 9.45. The van der Waals surface area contributed by atoms with E-state index in [0.29, 0.717) is 11.7 Å². The van der Waals surface area contributed by atoms with Gasteiger partial charge >= 0.3 is 0 Å². The third-order valence-electron chi connectivity index (χ3n) is 2.37. The van der Waals surface area contributed by atoms with Gasteiger partial charge in [-0.05, 0) is 36.0 Å². The van der Waals surface area contributed by atoms with Gasteiger partial charge in [0.1, 0.15) is 5.75 Å². The molecule has 0 saturated heterocycles. The van der Waals surface area contributed by atoms with E-state index in [4.69, 9.17) is 0 Å². The van der Waals surface area contributed by atoms with Gasteiger partial charge in [0.25, 0.3) is 0 Å². The summed E-state index contributed by atoms with van der Waals surface area (Å²) >= 11 is 0. The fraction of sp³-hybridized carbons (Fsp3) is 0.400. The first-order valence-corrected chi connectivity index (χ1v) is 4.07. The number of rotatable bonds is 0. The summed E-state index contributed by atoms with van der Waals surface area (Å²) in [6, 6.07) is 5.81. The average Bonchev–Trinajstić information content (AvgIpc) is 2.31. The second-order valence-corrected chi connectivity index (χ2v) is 3.43. The van der Waals surface area contributed by atoms with Crippen LogP contribution >= 0.6 is 0 Å². The molecule has 0 radical (unpaired) electrons. The van der Waals surface area contributed by atoms with Crippen molar-refractivity contribution in [3.63, 3.8) is 0 Å². The van der Waals surface area contributed by atoms with Gasteiger partial charge in [0.15, 0.2) is 0 Å². The zero-order chi connectivity index (χ0) is 7.84. The summed E-state index contributed by atoms with van der Waals surface area (Å²) in [4.78, 5) is 0. The molecule has 1 nitrogen and oxygen atoms in total. The van der Waals surface area contributed by atoms with E-state index in [2.05, 4.69) is 13.0 Å². The standard InChI is InChI=1S/C10H12O/c1-7-5-8-3-2-4-10(11)9(8)6-7/h2-4,7,11H,5-6H2,1H3/t7-/m1/s1. The summed E-state index contributed by atoms with van der Waals surface area (Å²) in [6.45, 7) is 2.22. The van der Waals surface area contributed by atoms with Crippen LogP contribution in [0.1, 0.15) is 18.1 Å². The molecule has 0 aliphatic heterocycles. The first kappa shape index (κ1) is 6.71. The van der Waals surface area contributed by atoms with Gasteiger partial charge in [0.2, 0.25) is 0 Å². The van der Waals surface area contributed by atoms with Gasteiger partial charge in [-0.15, -0.1) is 0 Å². The van der Waals surface area contributed by atoms with Gasteiger partial charge in [-0.3, -0.25) is 0 Å². The Bertz CT molecular complexity index is 278. The minimum absolute atomic E-state index is 0.479. The van der Waals surface area contributed by atoms with Crippen LogP contribution in [0.3, 0.4) is 0 Å². The molecule has 11 heavy (non-hydrogen) atoms. The van der Waals surface area contributed by atoms with E-state index in [1.54, 1.807) is 6.07 Å². The van der Waals surface area contributed by atoms with Gasteiger partial charge in [-0.25, -0.2) is 0 Å². The lowest BCUT2D eigenvalue weighted by molar-refractivity contribution is 0.466. The molecule has 58 valence electrons. The third-order valence-corrected chi connectivity index (χ3v) is 2.37. The summed E-state index contributed by atoms with van der Waals surface area (Å²) in [7, 11) is 0. The molecule has 0 fully saturated rings. The number of hydrogen-bond donors (Lipinski definition) is 1. The Kier molecular flexibility index (Phi) is 1.38. The monoisotopic (exact) mass is 148 g/mol. The Morgan fingerprint density at radius 1 is 1.36 bits per heavy atom. The maximum Gasteiger partial charge on any atom is 0.119 e. The number of aromatic hydroxyl groups is 1. The molecular weight excluding hydrogens is 136 g/mol. The highest BCUT2D eigenvalue weighted by atomic mass is 16.3. The van der Waals surface area contributed by atoms with Crippen LogP contribution in [0.25, 0.3) is 0 Å². The van der Waals surface area contributed by atoms with Gasteiger partial charge in [0, 0.05) is 0 Å². The predicted molar refractivity (Wildman–Crippen MR) is 44.7 cm³/mol. The van der Waals surface area contributed by atoms with E-state index in [9.17, 15) is 5.11 Å². The lowest BCUT2D eigenvalue weighted by atomic mass is 10.1. The van der Waals surface area contributed by atoms with E-state index in [-0.39, 0.29) is 0 Å². The SMILES string of the molecule is C[C@@H]1Cc2cccc(O)c2C1. The normalized spacial score (nSPS) is 21.7. The lowest BCUT2D eigenvalue weighted by Gasteiger charge is -1.99. The summed E-state index contributed by atoms with van der Waals surface area (Å²) < 4.78 is 0. The number of fused-ring (bicyclic) bond motifs is 1. The van der Waals surface area contributed by atoms with Crippen molar-refractivity contribution in [2.75, 3.05) is 0 Å². The third kappa shape index (κ3) is 1.01. The largest absolute Gasteiger partial charge is 0.508 e. The van der Waals surface area contributed by atoms with Crippen molar-refractivity contribution >= 4 is 0 Å². The highest BCUT2D eigenvalue weighted by Crippen LogP contribution is 2.32. The lowest BCUT2D eigenvalue weighted by Crippen LogP contribution is -1.89. The van der Waals surface area contributed by atoms with Crippen molar-refractivity contribution in [1.29, 1.82) is 0 Å². The Balaban J connectivity index is 2.49. The van der Waals surface area contributed by atoms with Crippen LogP contribution in [0, 0.1) is 5.92 Å². The predicted octanol–water partition coefficient (Wildman–Crippen LogP) is 2.13. The molecule has 1 aromatic carbocycles. The topological polar surface area (TPSA) is 20.2 Å². The highest BCUT2D eigenvalue weighted by Gasteiger charge is 2.19. The van der Waals surface area contributed by atoms with Crippen LogP contribution < -0.4 is 0 Å². The van der Waals surface area contributed by atoms with Crippen LogP contribution in [0.2, 0.25) is 0 Å². The van der Waals surface area contributed by atoms with Crippen LogP contribution in [0.4, 0.5) is 0 Å².